The molecule has 1 aromatic rings. The molecule has 0 saturated carbocycles. The van der Waals surface area contributed by atoms with Gasteiger partial charge in [-0.1, -0.05) is 15.9 Å². The number of morpholine rings is 1. The number of carbonyl (C=O) groups is 2. The number of halogens is 1. The maximum Gasteiger partial charge on any atom is 0.332 e. The second-order valence-corrected chi connectivity index (χ2v) is 5.13. The number of nitrogens with zero attached hydrogens (tertiary/aromatic N) is 2. The van der Waals surface area contributed by atoms with E-state index in [1.165, 1.54) is 4.90 Å². The van der Waals surface area contributed by atoms with Gasteiger partial charge in [0.05, 0.1) is 18.9 Å². The van der Waals surface area contributed by atoms with Crippen molar-refractivity contribution in [2.45, 2.75) is 6.04 Å². The van der Waals surface area contributed by atoms with Crippen LogP contribution < -0.4 is 4.90 Å². The number of benzene rings is 1. The second kappa shape index (κ2) is 4.37. The van der Waals surface area contributed by atoms with E-state index < -0.39 is 6.04 Å². The molecule has 0 aliphatic carbocycles. The number of hydrogen-bond acceptors (Lipinski definition) is 3. The Morgan fingerprint density at radius 2 is 1.94 bits per heavy atom. The van der Waals surface area contributed by atoms with E-state index in [9.17, 15) is 9.59 Å². The molecule has 6 heteroatoms. The maximum absolute atomic E-state index is 12.2. The van der Waals surface area contributed by atoms with E-state index in [-0.39, 0.29) is 18.5 Å². The van der Waals surface area contributed by atoms with Crippen molar-refractivity contribution >= 4 is 33.6 Å². The van der Waals surface area contributed by atoms with E-state index in [2.05, 4.69) is 15.9 Å². The summed E-state index contributed by atoms with van der Waals surface area (Å²) < 4.78 is 6.17. The standard InChI is InChI=1S/C12H11BrN2O3/c13-8-1-3-9(4-2-8)15-11(16)10-7-18-6-5-14(10)12(15)17/h1-4,10H,5-7H2. The first kappa shape index (κ1) is 11.7. The molecule has 18 heavy (non-hydrogen) atoms. The van der Waals surface area contributed by atoms with Crippen LogP contribution in [0.4, 0.5) is 10.5 Å². The highest BCUT2D eigenvalue weighted by Crippen LogP contribution is 2.27. The Labute approximate surface area is 112 Å². The lowest BCUT2D eigenvalue weighted by molar-refractivity contribution is -0.123. The summed E-state index contributed by atoms with van der Waals surface area (Å²) in [6, 6.07) is 6.40. The van der Waals surface area contributed by atoms with Crippen LogP contribution in [-0.4, -0.2) is 42.6 Å². The molecule has 0 radical (unpaired) electrons. The first-order valence-corrected chi connectivity index (χ1v) is 6.45. The number of amides is 3. The lowest BCUT2D eigenvalue weighted by Gasteiger charge is -2.26. The number of imide groups is 1. The number of rotatable bonds is 1. The highest BCUT2D eigenvalue weighted by atomic mass is 79.9. The van der Waals surface area contributed by atoms with Crippen LogP contribution in [0.25, 0.3) is 0 Å². The van der Waals surface area contributed by atoms with Gasteiger partial charge in [0, 0.05) is 11.0 Å². The molecule has 2 aliphatic rings. The van der Waals surface area contributed by atoms with Gasteiger partial charge in [-0.15, -0.1) is 0 Å². The third-order valence-corrected chi connectivity index (χ3v) is 3.68. The molecule has 1 unspecified atom stereocenters. The van der Waals surface area contributed by atoms with Crippen molar-refractivity contribution in [1.82, 2.24) is 4.90 Å². The van der Waals surface area contributed by atoms with Crippen molar-refractivity contribution in [1.29, 1.82) is 0 Å². The summed E-state index contributed by atoms with van der Waals surface area (Å²) in [5.74, 6) is -0.206. The molecule has 2 fully saturated rings. The summed E-state index contributed by atoms with van der Waals surface area (Å²) in [5.41, 5.74) is 0.600. The fraction of sp³-hybridized carbons (Fsp3) is 0.333. The Morgan fingerprint density at radius 3 is 2.61 bits per heavy atom. The number of ether oxygens (including phenoxy) is 1. The highest BCUT2D eigenvalue weighted by Gasteiger charge is 2.47. The normalized spacial score (nSPS) is 23.5. The number of fused-ring (bicyclic) bond motifs is 1. The molecular weight excluding hydrogens is 300 g/mol. The van der Waals surface area contributed by atoms with E-state index in [0.717, 1.165) is 4.47 Å². The van der Waals surface area contributed by atoms with E-state index in [1.54, 1.807) is 17.0 Å². The van der Waals surface area contributed by atoms with Crippen LogP contribution in [0.2, 0.25) is 0 Å². The van der Waals surface area contributed by atoms with Crippen LogP contribution in [0.1, 0.15) is 0 Å². The van der Waals surface area contributed by atoms with Gasteiger partial charge in [-0.3, -0.25) is 4.79 Å². The van der Waals surface area contributed by atoms with Crippen LogP contribution >= 0.6 is 15.9 Å². The van der Waals surface area contributed by atoms with Gasteiger partial charge in [0.15, 0.2) is 0 Å². The average molecular weight is 311 g/mol. The number of carbonyl (C=O) groups excluding carboxylic acids is 2. The number of urea groups is 1. The van der Waals surface area contributed by atoms with Gasteiger partial charge in [-0.25, -0.2) is 9.69 Å². The first-order chi connectivity index (χ1) is 8.68. The average Bonchev–Trinajstić information content (AvgIpc) is 2.64. The largest absolute Gasteiger partial charge is 0.377 e. The zero-order valence-electron chi connectivity index (χ0n) is 9.51. The van der Waals surface area contributed by atoms with Gasteiger partial charge in [0.25, 0.3) is 5.91 Å². The van der Waals surface area contributed by atoms with Crippen LogP contribution in [0.3, 0.4) is 0 Å². The Hall–Kier alpha value is -1.40. The van der Waals surface area contributed by atoms with E-state index in [4.69, 9.17) is 4.74 Å². The fourth-order valence-corrected chi connectivity index (χ4v) is 2.50. The van der Waals surface area contributed by atoms with Gasteiger partial charge >= 0.3 is 6.03 Å². The lowest BCUT2D eigenvalue weighted by atomic mass is 10.2. The minimum Gasteiger partial charge on any atom is -0.377 e. The minimum atomic E-state index is -0.463. The van der Waals surface area contributed by atoms with Crippen molar-refractivity contribution in [2.75, 3.05) is 24.7 Å². The summed E-state index contributed by atoms with van der Waals surface area (Å²) in [6.45, 7) is 1.25. The molecule has 0 bridgehead atoms. The molecular formula is C12H11BrN2O3. The number of anilines is 1. The molecule has 3 rings (SSSR count). The molecule has 2 heterocycles. The van der Waals surface area contributed by atoms with E-state index in [1.807, 2.05) is 12.1 Å². The lowest BCUT2D eigenvalue weighted by Crippen LogP contribution is -2.45. The molecule has 0 aromatic heterocycles. The van der Waals surface area contributed by atoms with Crippen LogP contribution in [0.5, 0.6) is 0 Å². The second-order valence-electron chi connectivity index (χ2n) is 4.22. The molecule has 5 nitrogen and oxygen atoms in total. The zero-order chi connectivity index (χ0) is 12.7. The van der Waals surface area contributed by atoms with Gasteiger partial charge in [-0.2, -0.15) is 0 Å². The molecule has 94 valence electrons. The third kappa shape index (κ3) is 1.72. The van der Waals surface area contributed by atoms with Crippen molar-refractivity contribution in [3.63, 3.8) is 0 Å². The molecule has 2 aliphatic heterocycles. The number of hydrogen-bond donors (Lipinski definition) is 0. The molecule has 1 aromatic carbocycles. The predicted molar refractivity (Wildman–Crippen MR) is 68.3 cm³/mol. The SMILES string of the molecule is O=C1C2COCCN2C(=O)N1c1ccc(Br)cc1. The van der Waals surface area contributed by atoms with Crippen molar-refractivity contribution in [3.05, 3.63) is 28.7 Å². The van der Waals surface area contributed by atoms with Crippen LogP contribution in [0, 0.1) is 0 Å². The predicted octanol–water partition coefficient (Wildman–Crippen LogP) is 1.62. The van der Waals surface area contributed by atoms with Crippen molar-refractivity contribution < 1.29 is 14.3 Å². The summed E-state index contributed by atoms with van der Waals surface area (Å²) >= 11 is 3.33. The molecule has 1 atom stereocenters. The summed E-state index contributed by atoms with van der Waals surface area (Å²) in [5, 5.41) is 0. The Bertz CT molecular complexity index is 479. The Balaban J connectivity index is 1.95. The maximum atomic E-state index is 12.2. The molecule has 0 spiro atoms. The monoisotopic (exact) mass is 310 g/mol. The topological polar surface area (TPSA) is 49.9 Å². The molecule has 3 amide bonds. The van der Waals surface area contributed by atoms with E-state index in [0.29, 0.717) is 18.8 Å². The van der Waals surface area contributed by atoms with Crippen LogP contribution in [0.15, 0.2) is 28.7 Å². The smallest absolute Gasteiger partial charge is 0.332 e. The van der Waals surface area contributed by atoms with Gasteiger partial charge < -0.3 is 9.64 Å². The quantitative estimate of drug-likeness (QED) is 0.741. The van der Waals surface area contributed by atoms with Crippen molar-refractivity contribution in [3.8, 4) is 0 Å². The minimum absolute atomic E-state index is 0.206. The third-order valence-electron chi connectivity index (χ3n) is 3.16. The highest BCUT2D eigenvalue weighted by molar-refractivity contribution is 9.10. The van der Waals surface area contributed by atoms with Gasteiger partial charge in [0.1, 0.15) is 6.04 Å². The van der Waals surface area contributed by atoms with Crippen LogP contribution in [-0.2, 0) is 9.53 Å². The summed E-state index contributed by atoms with van der Waals surface area (Å²) in [7, 11) is 0. The first-order valence-electron chi connectivity index (χ1n) is 5.66. The zero-order valence-corrected chi connectivity index (χ0v) is 11.1. The Morgan fingerprint density at radius 1 is 1.22 bits per heavy atom. The fourth-order valence-electron chi connectivity index (χ4n) is 2.24. The summed E-state index contributed by atoms with van der Waals surface area (Å²) in [4.78, 5) is 27.2. The Kier molecular flexibility index (Phi) is 2.83. The van der Waals surface area contributed by atoms with Gasteiger partial charge in [-0.05, 0) is 24.3 Å². The van der Waals surface area contributed by atoms with Gasteiger partial charge in [0.2, 0.25) is 0 Å². The summed E-state index contributed by atoms with van der Waals surface area (Å²) in [6.07, 6.45) is 0. The van der Waals surface area contributed by atoms with Crippen molar-refractivity contribution in [2.24, 2.45) is 0 Å². The van der Waals surface area contributed by atoms with E-state index >= 15 is 0 Å². The molecule has 0 N–H and O–H groups in total. The molecule has 2 saturated heterocycles.